The summed E-state index contributed by atoms with van der Waals surface area (Å²) in [4.78, 5) is 18.0. The number of para-hydroxylation sites is 1. The van der Waals surface area contributed by atoms with Crippen molar-refractivity contribution < 1.29 is 9.90 Å². The molecule has 0 bridgehead atoms. The van der Waals surface area contributed by atoms with Crippen molar-refractivity contribution >= 4 is 22.7 Å². The molecule has 3 rings (SSSR count). The van der Waals surface area contributed by atoms with Crippen LogP contribution in [0.3, 0.4) is 0 Å². The number of piperazine rings is 1. The standard InChI is InChI=1S/C14H17N3O2/c1-10-9-11-3-2-4-12(13(11)15-10)16-5-7-17(8-6-16)14(18)19/h2-4,9,15H,5-8H2,1H3,(H,18,19). The van der Waals surface area contributed by atoms with Gasteiger partial charge in [0.25, 0.3) is 0 Å². The van der Waals surface area contributed by atoms with E-state index in [1.807, 2.05) is 6.92 Å². The Morgan fingerprint density at radius 1 is 1.26 bits per heavy atom. The number of nitrogens with one attached hydrogen (secondary N) is 1. The van der Waals surface area contributed by atoms with Crippen LogP contribution in [0.25, 0.3) is 10.9 Å². The normalized spacial score (nSPS) is 16.1. The summed E-state index contributed by atoms with van der Waals surface area (Å²) < 4.78 is 0. The third-order valence-corrected chi connectivity index (χ3v) is 3.66. The second kappa shape index (κ2) is 4.50. The lowest BCUT2D eigenvalue weighted by molar-refractivity contribution is 0.142. The van der Waals surface area contributed by atoms with Gasteiger partial charge in [-0.15, -0.1) is 0 Å². The number of benzene rings is 1. The van der Waals surface area contributed by atoms with Crippen molar-refractivity contribution in [3.63, 3.8) is 0 Å². The van der Waals surface area contributed by atoms with E-state index >= 15 is 0 Å². The number of aromatic nitrogens is 1. The van der Waals surface area contributed by atoms with E-state index < -0.39 is 6.09 Å². The number of nitrogens with zero attached hydrogens (tertiary/aromatic N) is 2. The van der Waals surface area contributed by atoms with Gasteiger partial charge in [-0.25, -0.2) is 4.79 Å². The van der Waals surface area contributed by atoms with Crippen LogP contribution in [-0.4, -0.2) is 47.3 Å². The number of hydrogen-bond acceptors (Lipinski definition) is 2. The minimum atomic E-state index is -0.825. The van der Waals surface area contributed by atoms with Gasteiger partial charge < -0.3 is 19.9 Å². The molecule has 5 heteroatoms. The summed E-state index contributed by atoms with van der Waals surface area (Å²) in [6.07, 6.45) is -0.825. The lowest BCUT2D eigenvalue weighted by Crippen LogP contribution is -2.48. The molecular formula is C14H17N3O2. The SMILES string of the molecule is Cc1cc2cccc(N3CCN(C(=O)O)CC3)c2[nH]1. The van der Waals surface area contributed by atoms with Gasteiger partial charge in [-0.1, -0.05) is 12.1 Å². The summed E-state index contributed by atoms with van der Waals surface area (Å²) in [5.41, 5.74) is 3.45. The van der Waals surface area contributed by atoms with Gasteiger partial charge in [-0.05, 0) is 19.1 Å². The Morgan fingerprint density at radius 3 is 2.68 bits per heavy atom. The first kappa shape index (κ1) is 11.9. The maximum Gasteiger partial charge on any atom is 0.407 e. The highest BCUT2D eigenvalue weighted by Crippen LogP contribution is 2.27. The number of fused-ring (bicyclic) bond motifs is 1. The second-order valence-electron chi connectivity index (χ2n) is 4.95. The van der Waals surface area contributed by atoms with E-state index in [2.05, 4.69) is 34.1 Å². The number of hydrogen-bond donors (Lipinski definition) is 2. The van der Waals surface area contributed by atoms with Crippen molar-refractivity contribution in [1.82, 2.24) is 9.88 Å². The van der Waals surface area contributed by atoms with Crippen LogP contribution < -0.4 is 4.90 Å². The largest absolute Gasteiger partial charge is 0.465 e. The van der Waals surface area contributed by atoms with Crippen molar-refractivity contribution in [2.24, 2.45) is 0 Å². The van der Waals surface area contributed by atoms with Crippen LogP contribution in [0.1, 0.15) is 5.69 Å². The molecule has 100 valence electrons. The predicted octanol–water partition coefficient (Wildman–Crippen LogP) is 2.28. The van der Waals surface area contributed by atoms with Gasteiger partial charge in [0.05, 0.1) is 11.2 Å². The summed E-state index contributed by atoms with van der Waals surface area (Å²) >= 11 is 0. The highest BCUT2D eigenvalue weighted by Gasteiger charge is 2.21. The summed E-state index contributed by atoms with van der Waals surface area (Å²) in [5, 5.41) is 10.2. The van der Waals surface area contributed by atoms with Crippen molar-refractivity contribution in [3.05, 3.63) is 30.0 Å². The fourth-order valence-electron chi connectivity index (χ4n) is 2.68. The quantitative estimate of drug-likeness (QED) is 0.826. The predicted molar refractivity (Wildman–Crippen MR) is 74.8 cm³/mol. The van der Waals surface area contributed by atoms with E-state index in [1.54, 1.807) is 0 Å². The molecule has 2 heterocycles. The van der Waals surface area contributed by atoms with Gasteiger partial charge in [0.2, 0.25) is 0 Å². The molecular weight excluding hydrogens is 242 g/mol. The zero-order valence-corrected chi connectivity index (χ0v) is 10.9. The van der Waals surface area contributed by atoms with Crippen LogP contribution >= 0.6 is 0 Å². The summed E-state index contributed by atoms with van der Waals surface area (Å²) in [6, 6.07) is 8.37. The lowest BCUT2D eigenvalue weighted by Gasteiger charge is -2.34. The Labute approximate surface area is 111 Å². The number of carbonyl (C=O) groups is 1. The second-order valence-corrected chi connectivity index (χ2v) is 4.95. The molecule has 1 amide bonds. The third kappa shape index (κ3) is 2.12. The van der Waals surface area contributed by atoms with Crippen molar-refractivity contribution in [3.8, 4) is 0 Å². The maximum atomic E-state index is 10.9. The maximum absolute atomic E-state index is 10.9. The van der Waals surface area contributed by atoms with Gasteiger partial charge >= 0.3 is 6.09 Å². The first-order chi connectivity index (χ1) is 9.15. The Hall–Kier alpha value is -2.17. The average molecular weight is 259 g/mol. The van der Waals surface area contributed by atoms with Crippen molar-refractivity contribution in [2.45, 2.75) is 6.92 Å². The zero-order chi connectivity index (χ0) is 13.4. The fourth-order valence-corrected chi connectivity index (χ4v) is 2.68. The summed E-state index contributed by atoms with van der Waals surface area (Å²) in [7, 11) is 0. The molecule has 1 fully saturated rings. The highest BCUT2D eigenvalue weighted by molar-refractivity contribution is 5.92. The van der Waals surface area contributed by atoms with Crippen LogP contribution in [0, 0.1) is 6.92 Å². The van der Waals surface area contributed by atoms with Gasteiger partial charge in [0.1, 0.15) is 0 Å². The van der Waals surface area contributed by atoms with Crippen LogP contribution in [-0.2, 0) is 0 Å². The van der Waals surface area contributed by atoms with Crippen LogP contribution in [0.15, 0.2) is 24.3 Å². The lowest BCUT2D eigenvalue weighted by atomic mass is 10.2. The first-order valence-corrected chi connectivity index (χ1v) is 6.46. The topological polar surface area (TPSA) is 59.6 Å². The van der Waals surface area contributed by atoms with Crippen LogP contribution in [0.5, 0.6) is 0 Å². The van der Waals surface area contributed by atoms with Crippen molar-refractivity contribution in [2.75, 3.05) is 31.1 Å². The number of anilines is 1. The molecule has 19 heavy (non-hydrogen) atoms. The Balaban J connectivity index is 1.87. The minimum Gasteiger partial charge on any atom is -0.465 e. The molecule has 0 atom stereocenters. The Morgan fingerprint density at radius 2 is 2.00 bits per heavy atom. The molecule has 0 spiro atoms. The number of rotatable bonds is 1. The highest BCUT2D eigenvalue weighted by atomic mass is 16.4. The molecule has 0 radical (unpaired) electrons. The van der Waals surface area contributed by atoms with Crippen LogP contribution in [0.4, 0.5) is 10.5 Å². The number of amides is 1. The molecule has 1 aromatic heterocycles. The van der Waals surface area contributed by atoms with Gasteiger partial charge in [-0.2, -0.15) is 0 Å². The molecule has 0 saturated carbocycles. The smallest absolute Gasteiger partial charge is 0.407 e. The van der Waals surface area contributed by atoms with E-state index in [1.165, 1.54) is 10.3 Å². The van der Waals surface area contributed by atoms with Gasteiger partial charge in [-0.3, -0.25) is 0 Å². The Kier molecular flexibility index (Phi) is 2.81. The van der Waals surface area contributed by atoms with E-state index in [4.69, 9.17) is 5.11 Å². The van der Waals surface area contributed by atoms with Gasteiger partial charge in [0.15, 0.2) is 0 Å². The number of aromatic amines is 1. The monoisotopic (exact) mass is 259 g/mol. The van der Waals surface area contributed by atoms with Crippen molar-refractivity contribution in [1.29, 1.82) is 0 Å². The molecule has 0 aliphatic carbocycles. The molecule has 1 aliphatic rings. The minimum absolute atomic E-state index is 0.561. The van der Waals surface area contributed by atoms with E-state index in [0.29, 0.717) is 13.1 Å². The molecule has 0 unspecified atom stereocenters. The molecule has 5 nitrogen and oxygen atoms in total. The number of aryl methyl sites for hydroxylation is 1. The molecule has 1 aromatic carbocycles. The van der Waals surface area contributed by atoms with E-state index in [-0.39, 0.29) is 0 Å². The zero-order valence-electron chi connectivity index (χ0n) is 10.9. The summed E-state index contributed by atoms with van der Waals surface area (Å²) in [5.74, 6) is 0. The third-order valence-electron chi connectivity index (χ3n) is 3.66. The summed E-state index contributed by atoms with van der Waals surface area (Å²) in [6.45, 7) is 4.65. The fraction of sp³-hybridized carbons (Fsp3) is 0.357. The molecule has 2 aromatic rings. The van der Waals surface area contributed by atoms with Crippen LogP contribution in [0.2, 0.25) is 0 Å². The molecule has 1 aliphatic heterocycles. The van der Waals surface area contributed by atoms with Gasteiger partial charge in [0, 0.05) is 37.3 Å². The number of H-pyrrole nitrogens is 1. The average Bonchev–Trinajstić information content (AvgIpc) is 2.78. The molecule has 1 saturated heterocycles. The Bertz CT molecular complexity index is 612. The first-order valence-electron chi connectivity index (χ1n) is 6.46. The van der Waals surface area contributed by atoms with E-state index in [9.17, 15) is 4.79 Å². The number of carboxylic acid groups (broad SMARTS) is 1. The molecule has 2 N–H and O–H groups in total. The van der Waals surface area contributed by atoms with E-state index in [0.717, 1.165) is 30.0 Å².